The molecule has 1 aromatic carbocycles. The highest BCUT2D eigenvalue weighted by molar-refractivity contribution is 5.89. The maximum absolute atomic E-state index is 12.9. The van der Waals surface area contributed by atoms with Gasteiger partial charge in [0.05, 0.1) is 5.39 Å². The van der Waals surface area contributed by atoms with E-state index in [0.717, 1.165) is 18.2 Å². The van der Waals surface area contributed by atoms with Gasteiger partial charge in [0.25, 0.3) is 0 Å². The molecule has 0 atom stereocenters. The van der Waals surface area contributed by atoms with Crippen LogP contribution in [0, 0.1) is 5.82 Å². The smallest absolute Gasteiger partial charge is 0.371 e. The second-order valence-corrected chi connectivity index (χ2v) is 3.08. The van der Waals surface area contributed by atoms with E-state index >= 15 is 0 Å². The first kappa shape index (κ1) is 10.2. The topological polar surface area (TPSA) is 87.7 Å². The second-order valence-electron chi connectivity index (χ2n) is 3.08. The Labute approximate surface area is 87.4 Å². The Balaban J connectivity index is 2.93. The number of fused-ring (bicyclic) bond motifs is 1. The molecule has 6 heteroatoms. The number of carboxylic acid groups (broad SMARTS) is 1. The van der Waals surface area contributed by atoms with Crippen molar-refractivity contribution in [3.8, 4) is 5.75 Å². The molecule has 1 heterocycles. The maximum Gasteiger partial charge on any atom is 0.371 e. The highest BCUT2D eigenvalue weighted by Crippen LogP contribution is 2.24. The number of aromatic carboxylic acids is 1. The van der Waals surface area contributed by atoms with Gasteiger partial charge in [-0.1, -0.05) is 0 Å². The molecule has 0 saturated carbocycles. The molecule has 5 nitrogen and oxygen atoms in total. The third-order valence-electron chi connectivity index (χ3n) is 1.98. The Morgan fingerprint density at radius 2 is 2.00 bits per heavy atom. The molecular formula is C10H5FO5. The molecule has 0 spiro atoms. The zero-order valence-corrected chi connectivity index (χ0v) is 7.73. The highest BCUT2D eigenvalue weighted by atomic mass is 19.1. The standard InChI is InChI=1S/C10H5FO5/c11-4-1-5-6(12)3-8(10(14)15)16-9(5)7(13)2-4/h1-3,13H,(H,14,15). The van der Waals surface area contributed by atoms with Crippen molar-refractivity contribution in [1.82, 2.24) is 0 Å². The van der Waals surface area contributed by atoms with Crippen molar-refractivity contribution in [3.63, 3.8) is 0 Å². The first-order valence-corrected chi connectivity index (χ1v) is 4.18. The van der Waals surface area contributed by atoms with Crippen LogP contribution in [0.2, 0.25) is 0 Å². The van der Waals surface area contributed by atoms with Crippen molar-refractivity contribution >= 4 is 16.9 Å². The molecule has 0 aliphatic rings. The van der Waals surface area contributed by atoms with Crippen LogP contribution in [-0.4, -0.2) is 16.2 Å². The molecule has 0 unspecified atom stereocenters. The molecule has 0 saturated heterocycles. The lowest BCUT2D eigenvalue weighted by Gasteiger charge is -2.01. The van der Waals surface area contributed by atoms with Gasteiger partial charge >= 0.3 is 5.97 Å². The number of halogens is 1. The Kier molecular flexibility index (Phi) is 2.12. The van der Waals surface area contributed by atoms with Crippen molar-refractivity contribution < 1.29 is 23.8 Å². The summed E-state index contributed by atoms with van der Waals surface area (Å²) in [5.74, 6) is -3.47. The Hall–Kier alpha value is -2.37. The largest absolute Gasteiger partial charge is 0.504 e. The number of phenolic OH excluding ortho intramolecular Hbond substituents is 1. The van der Waals surface area contributed by atoms with Crippen LogP contribution in [0.15, 0.2) is 27.4 Å². The van der Waals surface area contributed by atoms with E-state index < -0.39 is 28.7 Å². The van der Waals surface area contributed by atoms with Crippen LogP contribution in [0.25, 0.3) is 11.0 Å². The van der Waals surface area contributed by atoms with Crippen LogP contribution in [0.3, 0.4) is 0 Å². The molecule has 1 aromatic heterocycles. The number of benzene rings is 1. The molecule has 0 radical (unpaired) electrons. The predicted octanol–water partition coefficient (Wildman–Crippen LogP) is 1.34. The third kappa shape index (κ3) is 1.50. The second kappa shape index (κ2) is 3.34. The van der Waals surface area contributed by atoms with E-state index in [1.165, 1.54) is 0 Å². The Bertz CT molecular complexity index is 643. The SMILES string of the molecule is O=C(O)c1cc(=O)c2cc(F)cc(O)c2o1. The average molecular weight is 224 g/mol. The lowest BCUT2D eigenvalue weighted by Crippen LogP contribution is -2.06. The number of carbonyl (C=O) groups is 1. The van der Waals surface area contributed by atoms with Crippen molar-refractivity contribution in [2.75, 3.05) is 0 Å². The summed E-state index contributed by atoms with van der Waals surface area (Å²) in [7, 11) is 0. The first-order chi connectivity index (χ1) is 7.49. The normalized spacial score (nSPS) is 10.6. The third-order valence-corrected chi connectivity index (χ3v) is 1.98. The zero-order chi connectivity index (χ0) is 11.9. The number of phenols is 1. The van der Waals surface area contributed by atoms with Gasteiger partial charge < -0.3 is 14.6 Å². The fraction of sp³-hybridized carbons (Fsp3) is 0. The fourth-order valence-corrected chi connectivity index (χ4v) is 1.31. The van der Waals surface area contributed by atoms with E-state index in [0.29, 0.717) is 0 Å². The number of hydrogen-bond donors (Lipinski definition) is 2. The number of hydrogen-bond acceptors (Lipinski definition) is 4. The molecule has 0 aliphatic carbocycles. The number of carboxylic acids is 1. The minimum Gasteiger partial charge on any atom is -0.504 e. The van der Waals surface area contributed by atoms with Crippen LogP contribution in [0.1, 0.15) is 10.6 Å². The predicted molar refractivity (Wildman–Crippen MR) is 51.1 cm³/mol. The summed E-state index contributed by atoms with van der Waals surface area (Å²) in [4.78, 5) is 22.0. The van der Waals surface area contributed by atoms with Crippen LogP contribution in [0.5, 0.6) is 5.75 Å². The van der Waals surface area contributed by atoms with Gasteiger partial charge in [0, 0.05) is 12.1 Å². The van der Waals surface area contributed by atoms with E-state index in [-0.39, 0.29) is 11.0 Å². The molecule has 0 bridgehead atoms. The summed E-state index contributed by atoms with van der Waals surface area (Å²) in [6.45, 7) is 0. The maximum atomic E-state index is 12.9. The van der Waals surface area contributed by atoms with E-state index in [4.69, 9.17) is 9.52 Å². The summed E-state index contributed by atoms with van der Waals surface area (Å²) in [6, 6.07) is 2.33. The molecule has 0 amide bonds. The van der Waals surface area contributed by atoms with Crippen LogP contribution in [0.4, 0.5) is 4.39 Å². The molecule has 0 aliphatic heterocycles. The van der Waals surface area contributed by atoms with Crippen molar-refractivity contribution in [2.45, 2.75) is 0 Å². The van der Waals surface area contributed by atoms with Crippen molar-refractivity contribution in [2.24, 2.45) is 0 Å². The average Bonchev–Trinajstić information content (AvgIpc) is 2.19. The molecule has 2 aromatic rings. The van der Waals surface area contributed by atoms with Gasteiger partial charge in [0.15, 0.2) is 16.8 Å². The van der Waals surface area contributed by atoms with E-state index in [1.54, 1.807) is 0 Å². The number of rotatable bonds is 1. The molecule has 2 N–H and O–H groups in total. The molecular weight excluding hydrogens is 219 g/mol. The summed E-state index contributed by atoms with van der Waals surface area (Å²) < 4.78 is 17.7. The molecule has 0 fully saturated rings. The van der Waals surface area contributed by atoms with Gasteiger partial charge in [0.2, 0.25) is 5.76 Å². The van der Waals surface area contributed by atoms with E-state index in [2.05, 4.69) is 0 Å². The fourth-order valence-electron chi connectivity index (χ4n) is 1.31. The lowest BCUT2D eigenvalue weighted by molar-refractivity contribution is 0.0663. The Morgan fingerprint density at radius 3 is 2.62 bits per heavy atom. The lowest BCUT2D eigenvalue weighted by atomic mass is 10.2. The van der Waals surface area contributed by atoms with Crippen molar-refractivity contribution in [1.29, 1.82) is 0 Å². The summed E-state index contributed by atoms with van der Waals surface area (Å²) in [5, 5.41) is 17.7. The number of aromatic hydroxyl groups is 1. The molecule has 16 heavy (non-hydrogen) atoms. The summed E-state index contributed by atoms with van der Waals surface area (Å²) >= 11 is 0. The quantitative estimate of drug-likeness (QED) is 0.762. The van der Waals surface area contributed by atoms with E-state index in [9.17, 15) is 19.1 Å². The van der Waals surface area contributed by atoms with Gasteiger partial charge in [-0.05, 0) is 6.07 Å². The van der Waals surface area contributed by atoms with Gasteiger partial charge in [-0.3, -0.25) is 4.79 Å². The van der Waals surface area contributed by atoms with Gasteiger partial charge in [-0.15, -0.1) is 0 Å². The Morgan fingerprint density at radius 1 is 1.31 bits per heavy atom. The zero-order valence-electron chi connectivity index (χ0n) is 7.73. The van der Waals surface area contributed by atoms with Crippen LogP contribution >= 0.6 is 0 Å². The molecule has 82 valence electrons. The highest BCUT2D eigenvalue weighted by Gasteiger charge is 2.14. The summed E-state index contributed by atoms with van der Waals surface area (Å²) in [6.07, 6.45) is 0. The van der Waals surface area contributed by atoms with Gasteiger partial charge in [0.1, 0.15) is 5.82 Å². The minimum atomic E-state index is -1.44. The minimum absolute atomic E-state index is 0.206. The first-order valence-electron chi connectivity index (χ1n) is 4.18. The van der Waals surface area contributed by atoms with Gasteiger partial charge in [-0.2, -0.15) is 0 Å². The summed E-state index contributed by atoms with van der Waals surface area (Å²) in [5.41, 5.74) is -1.07. The van der Waals surface area contributed by atoms with Crippen LogP contribution in [-0.2, 0) is 0 Å². The monoisotopic (exact) mass is 224 g/mol. The van der Waals surface area contributed by atoms with Gasteiger partial charge in [-0.25, -0.2) is 9.18 Å². The van der Waals surface area contributed by atoms with Crippen molar-refractivity contribution in [3.05, 3.63) is 40.0 Å². The molecule has 2 rings (SSSR count). The van der Waals surface area contributed by atoms with E-state index in [1.807, 2.05) is 0 Å². The van der Waals surface area contributed by atoms with Crippen LogP contribution < -0.4 is 5.43 Å².